The molecule has 0 aliphatic heterocycles. The lowest BCUT2D eigenvalue weighted by molar-refractivity contribution is 0.172. The van der Waals surface area contributed by atoms with Gasteiger partial charge in [0.25, 0.3) is 0 Å². The summed E-state index contributed by atoms with van der Waals surface area (Å²) in [5, 5.41) is 10.2. The molecule has 0 amide bonds. The largest absolute Gasteiger partial charge is 0.496 e. The van der Waals surface area contributed by atoms with Gasteiger partial charge in [0.1, 0.15) is 17.4 Å². The highest BCUT2D eigenvalue weighted by atomic mass is 19.1. The standard InChI is InChI=1S/C16H17F2NO2/c1-9-8-19-14(10(2)16(9)21-3)7-15(20)12-5-4-11(17)6-13(12)18/h4-6,8,15,20H,7H2,1-3H3. The fourth-order valence-electron chi connectivity index (χ4n) is 2.34. The first-order valence-corrected chi connectivity index (χ1v) is 6.56. The Morgan fingerprint density at radius 3 is 2.62 bits per heavy atom. The van der Waals surface area contributed by atoms with Crippen molar-refractivity contribution >= 4 is 0 Å². The van der Waals surface area contributed by atoms with Crippen molar-refractivity contribution in [3.8, 4) is 5.75 Å². The fourth-order valence-corrected chi connectivity index (χ4v) is 2.34. The van der Waals surface area contributed by atoms with Gasteiger partial charge in [0.2, 0.25) is 0 Å². The predicted octanol–water partition coefficient (Wildman–Crippen LogP) is 3.26. The summed E-state index contributed by atoms with van der Waals surface area (Å²) in [6.45, 7) is 3.71. The normalized spacial score (nSPS) is 12.3. The van der Waals surface area contributed by atoms with E-state index in [0.717, 1.165) is 23.3 Å². The van der Waals surface area contributed by atoms with Gasteiger partial charge in [-0.25, -0.2) is 8.78 Å². The summed E-state index contributed by atoms with van der Waals surface area (Å²) in [6, 6.07) is 3.13. The molecule has 1 N–H and O–H groups in total. The number of nitrogens with zero attached hydrogens (tertiary/aromatic N) is 1. The Hall–Kier alpha value is -2.01. The number of aromatic nitrogens is 1. The summed E-state index contributed by atoms with van der Waals surface area (Å²) in [5.41, 5.74) is 2.37. The average Bonchev–Trinajstić information content (AvgIpc) is 2.42. The van der Waals surface area contributed by atoms with Gasteiger partial charge in [-0.15, -0.1) is 0 Å². The molecule has 1 atom stereocenters. The highest BCUT2D eigenvalue weighted by molar-refractivity contribution is 5.41. The molecule has 0 fully saturated rings. The Labute approximate surface area is 122 Å². The van der Waals surface area contributed by atoms with Crippen LogP contribution in [0.2, 0.25) is 0 Å². The van der Waals surface area contributed by atoms with E-state index >= 15 is 0 Å². The van der Waals surface area contributed by atoms with E-state index in [0.29, 0.717) is 11.4 Å². The monoisotopic (exact) mass is 293 g/mol. The van der Waals surface area contributed by atoms with E-state index in [1.807, 2.05) is 13.8 Å². The van der Waals surface area contributed by atoms with Crippen molar-refractivity contribution < 1.29 is 18.6 Å². The maximum Gasteiger partial charge on any atom is 0.131 e. The number of rotatable bonds is 4. The Balaban J connectivity index is 2.29. The molecule has 1 unspecified atom stereocenters. The number of hydrogen-bond acceptors (Lipinski definition) is 3. The molecule has 1 heterocycles. The van der Waals surface area contributed by atoms with E-state index in [-0.39, 0.29) is 12.0 Å². The molecule has 0 spiro atoms. The summed E-state index contributed by atoms with van der Waals surface area (Å²) in [7, 11) is 1.56. The first kappa shape index (κ1) is 15.4. The molecule has 112 valence electrons. The number of hydrogen-bond donors (Lipinski definition) is 1. The van der Waals surface area contributed by atoms with E-state index in [1.54, 1.807) is 13.3 Å². The summed E-state index contributed by atoms with van der Waals surface area (Å²) in [4.78, 5) is 4.26. The van der Waals surface area contributed by atoms with Crippen molar-refractivity contribution in [3.05, 3.63) is 58.4 Å². The maximum absolute atomic E-state index is 13.7. The third-order valence-electron chi connectivity index (χ3n) is 3.46. The smallest absolute Gasteiger partial charge is 0.131 e. The average molecular weight is 293 g/mol. The quantitative estimate of drug-likeness (QED) is 0.941. The van der Waals surface area contributed by atoms with Gasteiger partial charge in [-0.1, -0.05) is 6.07 Å². The molecule has 1 aromatic carbocycles. The Morgan fingerprint density at radius 1 is 1.29 bits per heavy atom. The molecule has 5 heteroatoms. The summed E-state index contributed by atoms with van der Waals surface area (Å²) < 4.78 is 31.9. The third-order valence-corrected chi connectivity index (χ3v) is 3.46. The minimum absolute atomic E-state index is 0.0529. The van der Waals surface area contributed by atoms with E-state index < -0.39 is 17.7 Å². The summed E-state index contributed by atoms with van der Waals surface area (Å²) in [6.07, 6.45) is 0.684. The zero-order chi connectivity index (χ0) is 15.6. The highest BCUT2D eigenvalue weighted by Gasteiger charge is 2.18. The van der Waals surface area contributed by atoms with Crippen molar-refractivity contribution in [2.24, 2.45) is 0 Å². The fraction of sp³-hybridized carbons (Fsp3) is 0.312. The molecule has 3 nitrogen and oxygen atoms in total. The Bertz CT molecular complexity index is 659. The van der Waals surface area contributed by atoms with Crippen LogP contribution in [-0.2, 0) is 6.42 Å². The van der Waals surface area contributed by atoms with Crippen molar-refractivity contribution in [2.75, 3.05) is 7.11 Å². The Kier molecular flexibility index (Phi) is 4.53. The van der Waals surface area contributed by atoms with Crippen LogP contribution in [0.15, 0.2) is 24.4 Å². The van der Waals surface area contributed by atoms with Crippen molar-refractivity contribution in [1.82, 2.24) is 4.98 Å². The zero-order valence-corrected chi connectivity index (χ0v) is 12.2. The van der Waals surface area contributed by atoms with E-state index in [4.69, 9.17) is 4.74 Å². The van der Waals surface area contributed by atoms with Crippen LogP contribution in [0.25, 0.3) is 0 Å². The van der Waals surface area contributed by atoms with Crippen LogP contribution in [0.3, 0.4) is 0 Å². The zero-order valence-electron chi connectivity index (χ0n) is 12.2. The van der Waals surface area contributed by atoms with Gasteiger partial charge in [0.15, 0.2) is 0 Å². The molecular formula is C16H17F2NO2. The molecule has 2 rings (SSSR count). The third kappa shape index (κ3) is 3.19. The number of halogens is 2. The van der Waals surface area contributed by atoms with Gasteiger partial charge < -0.3 is 9.84 Å². The molecule has 0 radical (unpaired) electrons. The van der Waals surface area contributed by atoms with Crippen LogP contribution in [0.4, 0.5) is 8.78 Å². The number of aryl methyl sites for hydroxylation is 1. The predicted molar refractivity (Wildman–Crippen MR) is 75.3 cm³/mol. The molecular weight excluding hydrogens is 276 g/mol. The van der Waals surface area contributed by atoms with Crippen molar-refractivity contribution in [3.63, 3.8) is 0 Å². The number of aliphatic hydroxyl groups is 1. The first-order chi connectivity index (χ1) is 9.93. The van der Waals surface area contributed by atoms with Crippen LogP contribution in [0.5, 0.6) is 5.75 Å². The van der Waals surface area contributed by atoms with Crippen molar-refractivity contribution in [2.45, 2.75) is 26.4 Å². The molecule has 0 aliphatic carbocycles. The number of benzene rings is 1. The van der Waals surface area contributed by atoms with E-state index in [9.17, 15) is 13.9 Å². The van der Waals surface area contributed by atoms with Gasteiger partial charge in [-0.2, -0.15) is 0 Å². The molecule has 0 aliphatic rings. The van der Waals surface area contributed by atoms with Crippen molar-refractivity contribution in [1.29, 1.82) is 0 Å². The van der Waals surface area contributed by atoms with E-state index in [2.05, 4.69) is 4.98 Å². The molecule has 0 bridgehead atoms. The highest BCUT2D eigenvalue weighted by Crippen LogP contribution is 2.28. The topological polar surface area (TPSA) is 42.4 Å². The Morgan fingerprint density at radius 2 is 2.00 bits per heavy atom. The molecule has 0 saturated heterocycles. The van der Waals surface area contributed by atoms with Gasteiger partial charge in [0.05, 0.1) is 13.2 Å². The lowest BCUT2D eigenvalue weighted by atomic mass is 10.0. The van der Waals surface area contributed by atoms with Crippen LogP contribution in [0.1, 0.15) is 28.5 Å². The second-order valence-electron chi connectivity index (χ2n) is 4.93. The van der Waals surface area contributed by atoms with Gasteiger partial charge in [0, 0.05) is 41.1 Å². The van der Waals surface area contributed by atoms with Crippen LogP contribution >= 0.6 is 0 Å². The summed E-state index contributed by atoms with van der Waals surface area (Å²) >= 11 is 0. The number of methoxy groups -OCH3 is 1. The second kappa shape index (κ2) is 6.18. The minimum atomic E-state index is -1.09. The van der Waals surface area contributed by atoms with Crippen LogP contribution < -0.4 is 4.74 Å². The van der Waals surface area contributed by atoms with Gasteiger partial charge in [-0.05, 0) is 19.9 Å². The second-order valence-corrected chi connectivity index (χ2v) is 4.93. The number of aliphatic hydroxyl groups excluding tert-OH is 1. The first-order valence-electron chi connectivity index (χ1n) is 6.56. The molecule has 2 aromatic rings. The van der Waals surface area contributed by atoms with Crippen LogP contribution in [0, 0.1) is 25.5 Å². The van der Waals surface area contributed by atoms with Gasteiger partial charge in [-0.3, -0.25) is 4.98 Å². The maximum atomic E-state index is 13.7. The SMILES string of the molecule is COc1c(C)cnc(CC(O)c2ccc(F)cc2F)c1C. The number of pyridine rings is 1. The lowest BCUT2D eigenvalue weighted by Gasteiger charge is -2.16. The molecule has 0 saturated carbocycles. The molecule has 1 aromatic heterocycles. The molecule has 21 heavy (non-hydrogen) atoms. The van der Waals surface area contributed by atoms with Gasteiger partial charge >= 0.3 is 0 Å². The number of ether oxygens (including phenoxy) is 1. The lowest BCUT2D eigenvalue weighted by Crippen LogP contribution is -2.08. The minimum Gasteiger partial charge on any atom is -0.496 e. The summed E-state index contributed by atoms with van der Waals surface area (Å²) in [5.74, 6) is -0.735. The van der Waals surface area contributed by atoms with Crippen LogP contribution in [-0.4, -0.2) is 17.2 Å². The van der Waals surface area contributed by atoms with E-state index in [1.165, 1.54) is 6.07 Å².